The molecule has 3 aromatic rings. The first-order valence-corrected chi connectivity index (χ1v) is 8.81. The highest BCUT2D eigenvalue weighted by atomic mass is 31.2. The molecule has 9 nitrogen and oxygen atoms in total. The second-order valence-electron chi connectivity index (χ2n) is 5.24. The maximum Gasteiger partial charge on any atom is 0.356 e. The molecule has 0 aliphatic carbocycles. The molecule has 0 radical (unpaired) electrons. The summed E-state index contributed by atoms with van der Waals surface area (Å²) in [6.45, 7) is 0.304. The van der Waals surface area contributed by atoms with Gasteiger partial charge in [-0.3, -0.25) is 9.36 Å². The number of nitrogens with one attached hydrogen (secondary N) is 2. The maximum absolute atomic E-state index is 12.0. The molecular weight excluding hydrogens is 347 g/mol. The van der Waals surface area contributed by atoms with Gasteiger partial charge >= 0.3 is 7.60 Å². The number of H-pyrrole nitrogens is 1. The van der Waals surface area contributed by atoms with Gasteiger partial charge in [-0.2, -0.15) is 10.1 Å². The molecule has 0 spiro atoms. The molecule has 1 aromatic carbocycles. The van der Waals surface area contributed by atoms with E-state index in [2.05, 4.69) is 20.5 Å². The van der Waals surface area contributed by atoms with Gasteiger partial charge in [-0.15, -0.1) is 0 Å². The van der Waals surface area contributed by atoms with Gasteiger partial charge in [0.05, 0.1) is 24.0 Å². The molecule has 0 unspecified atom stereocenters. The van der Waals surface area contributed by atoms with Crippen LogP contribution >= 0.6 is 7.60 Å². The molecule has 130 valence electrons. The first kappa shape index (κ1) is 17.1. The van der Waals surface area contributed by atoms with Crippen molar-refractivity contribution in [2.75, 3.05) is 12.4 Å². The van der Waals surface area contributed by atoms with Crippen molar-refractivity contribution >= 4 is 29.5 Å². The Kier molecular flexibility index (Phi) is 4.54. The van der Waals surface area contributed by atoms with Gasteiger partial charge < -0.3 is 19.8 Å². The summed E-state index contributed by atoms with van der Waals surface area (Å²) in [5, 5.41) is 10.0. The Labute approximate surface area is 141 Å². The molecule has 0 bridgehead atoms. The van der Waals surface area contributed by atoms with Crippen LogP contribution in [0, 0.1) is 0 Å². The number of aromatic nitrogens is 3. The molecule has 0 atom stereocenters. The van der Waals surface area contributed by atoms with Crippen molar-refractivity contribution in [2.45, 2.75) is 6.54 Å². The van der Waals surface area contributed by atoms with Crippen LogP contribution in [0.15, 0.2) is 41.3 Å². The number of anilines is 1. The highest BCUT2D eigenvalue weighted by Gasteiger charge is 2.16. The number of nitrogens with zero attached hydrogens (tertiary/aromatic N) is 2. The van der Waals surface area contributed by atoms with Gasteiger partial charge in [0.25, 0.3) is 5.56 Å². The van der Waals surface area contributed by atoms with Crippen molar-refractivity contribution in [3.8, 4) is 5.88 Å². The van der Waals surface area contributed by atoms with E-state index < -0.39 is 7.60 Å². The van der Waals surface area contributed by atoms with Crippen LogP contribution in [0.2, 0.25) is 0 Å². The summed E-state index contributed by atoms with van der Waals surface area (Å²) in [7, 11) is -2.79. The zero-order valence-electron chi connectivity index (χ0n) is 13.1. The average molecular weight is 362 g/mol. The predicted octanol–water partition coefficient (Wildman–Crippen LogP) is 0.742. The molecular formula is C15H15N4O5P. The predicted molar refractivity (Wildman–Crippen MR) is 92.2 cm³/mol. The summed E-state index contributed by atoms with van der Waals surface area (Å²) >= 11 is 0. The lowest BCUT2D eigenvalue weighted by atomic mass is 10.2. The summed E-state index contributed by atoms with van der Waals surface area (Å²) in [6, 6.07) is 7.53. The Morgan fingerprint density at radius 1 is 1.28 bits per heavy atom. The van der Waals surface area contributed by atoms with E-state index in [0.29, 0.717) is 29.0 Å². The Morgan fingerprint density at radius 3 is 2.64 bits per heavy atom. The van der Waals surface area contributed by atoms with Gasteiger partial charge in [-0.05, 0) is 17.7 Å². The summed E-state index contributed by atoms with van der Waals surface area (Å²) in [6.07, 6.45) is 1.50. The molecule has 4 N–H and O–H groups in total. The van der Waals surface area contributed by atoms with Gasteiger partial charge in [0.2, 0.25) is 5.88 Å². The zero-order chi connectivity index (χ0) is 18.0. The fourth-order valence-electron chi connectivity index (χ4n) is 2.32. The average Bonchev–Trinajstić information content (AvgIpc) is 2.59. The topological polar surface area (TPSA) is 137 Å². The second-order valence-corrected chi connectivity index (χ2v) is 6.85. The van der Waals surface area contributed by atoms with E-state index >= 15 is 0 Å². The van der Waals surface area contributed by atoms with Crippen molar-refractivity contribution in [1.29, 1.82) is 0 Å². The van der Waals surface area contributed by atoms with Gasteiger partial charge in [-0.25, -0.2) is 5.10 Å². The van der Waals surface area contributed by atoms with E-state index in [-0.39, 0.29) is 10.9 Å². The van der Waals surface area contributed by atoms with Crippen LogP contribution < -0.4 is 20.9 Å². The number of ether oxygens (including phenoxy) is 1. The minimum absolute atomic E-state index is 0.0521. The number of benzene rings is 1. The third kappa shape index (κ3) is 3.69. The van der Waals surface area contributed by atoms with Crippen molar-refractivity contribution in [1.82, 2.24) is 15.2 Å². The minimum atomic E-state index is -4.27. The van der Waals surface area contributed by atoms with E-state index in [1.807, 2.05) is 0 Å². The largest absolute Gasteiger partial charge is 0.481 e. The lowest BCUT2D eigenvalue weighted by Gasteiger charge is -2.11. The summed E-state index contributed by atoms with van der Waals surface area (Å²) in [4.78, 5) is 34.5. The molecule has 0 aliphatic rings. The lowest BCUT2D eigenvalue weighted by molar-refractivity contribution is 0.387. The smallest absolute Gasteiger partial charge is 0.356 e. The Bertz CT molecular complexity index is 1010. The van der Waals surface area contributed by atoms with Crippen LogP contribution in [-0.2, 0) is 11.1 Å². The number of rotatable bonds is 5. The first-order chi connectivity index (χ1) is 11.9. The molecule has 0 saturated carbocycles. The van der Waals surface area contributed by atoms with Crippen LogP contribution in [-0.4, -0.2) is 32.1 Å². The van der Waals surface area contributed by atoms with Crippen molar-refractivity contribution < 1.29 is 19.1 Å². The number of methoxy groups -OCH3 is 1. The number of fused-ring (bicyclic) bond motifs is 1. The monoisotopic (exact) mass is 362 g/mol. The van der Waals surface area contributed by atoms with Crippen LogP contribution in [0.5, 0.6) is 5.88 Å². The van der Waals surface area contributed by atoms with Crippen LogP contribution in [0.1, 0.15) is 5.56 Å². The summed E-state index contributed by atoms with van der Waals surface area (Å²) in [5.74, 6) is 0.663. The number of hydrogen-bond acceptors (Lipinski definition) is 6. The fraction of sp³-hybridized carbons (Fsp3) is 0.133. The molecule has 3 rings (SSSR count). The quantitative estimate of drug-likeness (QED) is 0.488. The van der Waals surface area contributed by atoms with E-state index in [9.17, 15) is 9.36 Å². The molecule has 10 heteroatoms. The van der Waals surface area contributed by atoms with Crippen molar-refractivity contribution in [3.05, 3.63) is 52.4 Å². The summed E-state index contributed by atoms with van der Waals surface area (Å²) < 4.78 is 16.3. The lowest BCUT2D eigenvalue weighted by Crippen LogP contribution is -2.13. The molecule has 0 amide bonds. The normalized spacial score (nSPS) is 11.5. The SMILES string of the molecule is COc1cc2cn[nH]c(=O)c2c(NCc2ccc(P(=O)(O)O)cc2)n1. The zero-order valence-corrected chi connectivity index (χ0v) is 14.0. The highest BCUT2D eigenvalue weighted by molar-refractivity contribution is 7.60. The van der Waals surface area contributed by atoms with Crippen LogP contribution in [0.25, 0.3) is 10.8 Å². The fourth-order valence-corrected chi connectivity index (χ4v) is 2.86. The molecule has 25 heavy (non-hydrogen) atoms. The van der Waals surface area contributed by atoms with Gasteiger partial charge in [-0.1, -0.05) is 12.1 Å². The molecule has 2 aromatic heterocycles. The highest BCUT2D eigenvalue weighted by Crippen LogP contribution is 2.32. The number of aromatic amines is 1. The Balaban J connectivity index is 1.90. The Hall–Kier alpha value is -2.74. The van der Waals surface area contributed by atoms with Gasteiger partial charge in [0.1, 0.15) is 5.82 Å². The Morgan fingerprint density at radius 2 is 2.00 bits per heavy atom. The van der Waals surface area contributed by atoms with Crippen LogP contribution in [0.4, 0.5) is 5.82 Å². The van der Waals surface area contributed by atoms with E-state index in [4.69, 9.17) is 14.5 Å². The third-order valence-electron chi connectivity index (χ3n) is 3.57. The molecule has 2 heterocycles. The van der Waals surface area contributed by atoms with Crippen molar-refractivity contribution in [2.24, 2.45) is 0 Å². The molecule has 0 saturated heterocycles. The standard InChI is InChI=1S/C15H15N4O5P/c1-24-12-6-10-8-17-19-15(20)13(10)14(18-12)16-7-9-2-4-11(5-3-9)25(21,22)23/h2-6,8H,7H2,1H3,(H,16,18)(H,19,20)(H2,21,22,23). The van der Waals surface area contributed by atoms with Gasteiger partial charge in [0, 0.05) is 18.0 Å². The van der Waals surface area contributed by atoms with E-state index in [1.54, 1.807) is 18.2 Å². The van der Waals surface area contributed by atoms with Gasteiger partial charge in [0.15, 0.2) is 0 Å². The second kappa shape index (κ2) is 6.64. The molecule has 0 fully saturated rings. The minimum Gasteiger partial charge on any atom is -0.481 e. The van der Waals surface area contributed by atoms with Crippen LogP contribution in [0.3, 0.4) is 0 Å². The first-order valence-electron chi connectivity index (χ1n) is 7.20. The van der Waals surface area contributed by atoms with E-state index in [1.165, 1.54) is 25.4 Å². The summed E-state index contributed by atoms with van der Waals surface area (Å²) in [5.41, 5.74) is 0.382. The molecule has 0 aliphatic heterocycles. The van der Waals surface area contributed by atoms with E-state index in [0.717, 1.165) is 5.56 Å². The maximum atomic E-state index is 12.0. The number of pyridine rings is 1. The third-order valence-corrected chi connectivity index (χ3v) is 4.54. The number of hydrogen-bond donors (Lipinski definition) is 4. The van der Waals surface area contributed by atoms with Crippen molar-refractivity contribution in [3.63, 3.8) is 0 Å².